The molecule has 100 valence electrons. The highest BCUT2D eigenvalue weighted by Gasteiger charge is 2.19. The van der Waals surface area contributed by atoms with Crippen LogP contribution in [0.4, 0.5) is 11.4 Å². The molecule has 0 amide bonds. The average molecular weight is 269 g/mol. The zero-order chi connectivity index (χ0) is 13.2. The molecule has 1 aliphatic rings. The second-order valence-electron chi connectivity index (χ2n) is 4.36. The minimum Gasteiger partial charge on any atom is -0.492 e. The van der Waals surface area contributed by atoms with Crippen LogP contribution in [0.1, 0.15) is 6.92 Å². The predicted octanol–water partition coefficient (Wildman–Crippen LogP) is 1.53. The van der Waals surface area contributed by atoms with E-state index in [1.54, 1.807) is 0 Å². The maximum Gasteiger partial charge on any atom is 0.144 e. The maximum absolute atomic E-state index is 11.6. The van der Waals surface area contributed by atoms with Crippen LogP contribution in [0.25, 0.3) is 0 Å². The van der Waals surface area contributed by atoms with E-state index in [1.165, 1.54) is 0 Å². The summed E-state index contributed by atoms with van der Waals surface area (Å²) in [4.78, 5) is 2.12. The summed E-state index contributed by atoms with van der Waals surface area (Å²) >= 11 is 0. The van der Waals surface area contributed by atoms with Crippen LogP contribution in [0.2, 0.25) is 0 Å². The standard InChI is InChI=1S/C12H19N3O2S/c1-2-17-12-9-10(3-4-11(12)13)15-5-7-18(14,16)8-6-15/h3-4,9,14H,2,5-8,13H2,1H3. The Hall–Kier alpha value is -1.43. The van der Waals surface area contributed by atoms with E-state index in [2.05, 4.69) is 4.90 Å². The number of benzene rings is 1. The van der Waals surface area contributed by atoms with Crippen molar-refractivity contribution in [3.8, 4) is 5.75 Å². The molecule has 0 spiro atoms. The number of nitrogens with two attached hydrogens (primary N) is 1. The van der Waals surface area contributed by atoms with Gasteiger partial charge in [0.2, 0.25) is 0 Å². The van der Waals surface area contributed by atoms with Gasteiger partial charge in [-0.15, -0.1) is 0 Å². The number of anilines is 2. The molecule has 0 unspecified atom stereocenters. The molecule has 0 aliphatic carbocycles. The summed E-state index contributed by atoms with van der Waals surface area (Å²) in [5.74, 6) is 1.55. The molecule has 0 bridgehead atoms. The molecule has 1 fully saturated rings. The van der Waals surface area contributed by atoms with Crippen LogP contribution >= 0.6 is 0 Å². The van der Waals surface area contributed by atoms with Gasteiger partial charge in [0.05, 0.1) is 12.3 Å². The summed E-state index contributed by atoms with van der Waals surface area (Å²) in [6, 6.07) is 5.68. The number of hydrogen-bond donors (Lipinski definition) is 2. The van der Waals surface area contributed by atoms with Gasteiger partial charge in [-0.1, -0.05) is 0 Å². The normalized spacial score (nSPS) is 18.6. The molecule has 6 heteroatoms. The van der Waals surface area contributed by atoms with Crippen LogP contribution in [-0.4, -0.2) is 35.4 Å². The van der Waals surface area contributed by atoms with Crippen LogP contribution < -0.4 is 15.4 Å². The lowest BCUT2D eigenvalue weighted by atomic mass is 10.2. The second kappa shape index (κ2) is 5.06. The largest absolute Gasteiger partial charge is 0.492 e. The SMILES string of the molecule is CCOc1cc(N2CCS(=N)(=O)CC2)ccc1N. The van der Waals surface area contributed by atoms with Gasteiger partial charge < -0.3 is 15.4 Å². The lowest BCUT2D eigenvalue weighted by molar-refractivity contribution is 0.342. The van der Waals surface area contributed by atoms with E-state index in [0.29, 0.717) is 42.6 Å². The molecule has 18 heavy (non-hydrogen) atoms. The van der Waals surface area contributed by atoms with Crippen molar-refractivity contribution in [2.24, 2.45) is 0 Å². The third-order valence-electron chi connectivity index (χ3n) is 3.04. The van der Waals surface area contributed by atoms with E-state index in [9.17, 15) is 4.21 Å². The zero-order valence-electron chi connectivity index (χ0n) is 10.5. The summed E-state index contributed by atoms with van der Waals surface area (Å²) in [6.45, 7) is 3.80. The minimum atomic E-state index is -2.35. The smallest absolute Gasteiger partial charge is 0.144 e. The first-order valence-electron chi connectivity index (χ1n) is 6.03. The Labute approximate surface area is 108 Å². The topological polar surface area (TPSA) is 79.4 Å². The number of nitrogens with one attached hydrogen (secondary N) is 1. The third kappa shape index (κ3) is 2.87. The molecule has 3 N–H and O–H groups in total. The fraction of sp³-hybridized carbons (Fsp3) is 0.500. The number of rotatable bonds is 3. The summed E-state index contributed by atoms with van der Waals surface area (Å²) in [7, 11) is -2.35. The van der Waals surface area contributed by atoms with Crippen molar-refractivity contribution in [2.45, 2.75) is 6.92 Å². The molecule has 0 radical (unpaired) electrons. The van der Waals surface area contributed by atoms with Crippen LogP contribution in [0.3, 0.4) is 0 Å². The second-order valence-corrected chi connectivity index (χ2v) is 6.80. The molecular weight excluding hydrogens is 250 g/mol. The Morgan fingerprint density at radius 2 is 2.11 bits per heavy atom. The molecular formula is C12H19N3O2S. The first kappa shape index (κ1) is 13.0. The van der Waals surface area contributed by atoms with E-state index in [4.69, 9.17) is 15.3 Å². The van der Waals surface area contributed by atoms with Crippen molar-refractivity contribution in [3.63, 3.8) is 0 Å². The predicted molar refractivity (Wildman–Crippen MR) is 74.8 cm³/mol. The van der Waals surface area contributed by atoms with Gasteiger partial charge in [0.15, 0.2) is 0 Å². The average Bonchev–Trinajstić information content (AvgIpc) is 2.32. The molecule has 1 aromatic carbocycles. The summed E-state index contributed by atoms with van der Waals surface area (Å²) in [5.41, 5.74) is 7.47. The van der Waals surface area contributed by atoms with Gasteiger partial charge >= 0.3 is 0 Å². The molecule has 1 heterocycles. The fourth-order valence-corrected chi connectivity index (χ4v) is 3.22. The van der Waals surface area contributed by atoms with Crippen LogP contribution in [0.15, 0.2) is 18.2 Å². The van der Waals surface area contributed by atoms with E-state index < -0.39 is 9.73 Å². The van der Waals surface area contributed by atoms with E-state index in [0.717, 1.165) is 5.69 Å². The highest BCUT2D eigenvalue weighted by molar-refractivity contribution is 7.92. The zero-order valence-corrected chi connectivity index (χ0v) is 11.3. The lowest BCUT2D eigenvalue weighted by Crippen LogP contribution is -2.39. The fourth-order valence-electron chi connectivity index (χ4n) is 1.99. The van der Waals surface area contributed by atoms with Crippen molar-refractivity contribution in [2.75, 3.05) is 41.8 Å². The van der Waals surface area contributed by atoms with Crippen molar-refractivity contribution in [1.29, 1.82) is 4.78 Å². The first-order valence-corrected chi connectivity index (χ1v) is 7.93. The van der Waals surface area contributed by atoms with Crippen LogP contribution in [-0.2, 0) is 9.73 Å². The van der Waals surface area contributed by atoms with Crippen LogP contribution in [0, 0.1) is 4.78 Å². The monoisotopic (exact) mass is 269 g/mol. The Bertz CT molecular complexity index is 514. The number of nitrogens with zero attached hydrogens (tertiary/aromatic N) is 1. The van der Waals surface area contributed by atoms with E-state index >= 15 is 0 Å². The summed E-state index contributed by atoms with van der Waals surface area (Å²) < 4.78 is 24.6. The highest BCUT2D eigenvalue weighted by atomic mass is 32.2. The molecule has 0 saturated carbocycles. The Balaban J connectivity index is 2.17. The molecule has 1 saturated heterocycles. The molecule has 5 nitrogen and oxygen atoms in total. The Morgan fingerprint density at radius 3 is 2.72 bits per heavy atom. The maximum atomic E-state index is 11.6. The van der Waals surface area contributed by atoms with Gasteiger partial charge in [-0.3, -0.25) is 4.78 Å². The first-order chi connectivity index (χ1) is 8.52. The van der Waals surface area contributed by atoms with Crippen molar-refractivity contribution >= 4 is 21.1 Å². The number of nitrogen functional groups attached to an aromatic ring is 1. The van der Waals surface area contributed by atoms with Gasteiger partial charge in [-0.25, -0.2) is 4.21 Å². The molecule has 2 rings (SSSR count). The number of hydrogen-bond acceptors (Lipinski definition) is 5. The van der Waals surface area contributed by atoms with E-state index in [1.807, 2.05) is 25.1 Å². The van der Waals surface area contributed by atoms with Gasteiger partial charge in [0.1, 0.15) is 5.75 Å². The quantitative estimate of drug-likeness (QED) is 0.816. The van der Waals surface area contributed by atoms with Gasteiger partial charge in [-0.2, -0.15) is 0 Å². The Morgan fingerprint density at radius 1 is 1.44 bits per heavy atom. The third-order valence-corrected chi connectivity index (χ3v) is 4.73. The van der Waals surface area contributed by atoms with Crippen molar-refractivity contribution in [3.05, 3.63) is 18.2 Å². The van der Waals surface area contributed by atoms with Crippen molar-refractivity contribution in [1.82, 2.24) is 0 Å². The Kier molecular flexibility index (Phi) is 3.65. The molecule has 0 aromatic heterocycles. The van der Waals surface area contributed by atoms with Gasteiger partial charge in [0, 0.05) is 46.1 Å². The molecule has 0 atom stereocenters. The summed E-state index contributed by atoms with van der Waals surface area (Å²) in [5, 5.41) is 0. The molecule has 1 aliphatic heterocycles. The van der Waals surface area contributed by atoms with Crippen LogP contribution in [0.5, 0.6) is 5.75 Å². The summed E-state index contributed by atoms with van der Waals surface area (Å²) in [6.07, 6.45) is 0. The lowest BCUT2D eigenvalue weighted by Gasteiger charge is -2.30. The van der Waals surface area contributed by atoms with Crippen molar-refractivity contribution < 1.29 is 8.95 Å². The highest BCUT2D eigenvalue weighted by Crippen LogP contribution is 2.28. The van der Waals surface area contributed by atoms with Gasteiger partial charge in [-0.05, 0) is 19.1 Å². The molecule has 1 aromatic rings. The minimum absolute atomic E-state index is 0.432. The van der Waals surface area contributed by atoms with E-state index in [-0.39, 0.29) is 0 Å². The number of ether oxygens (including phenoxy) is 1. The van der Waals surface area contributed by atoms with Gasteiger partial charge in [0.25, 0.3) is 0 Å².